The summed E-state index contributed by atoms with van der Waals surface area (Å²) in [4.78, 5) is 55.7. The molecule has 9 aromatic rings. The number of carbonyl (C=O) groups excluding carboxylic acids is 2. The SMILES string of the molecule is C[C@@H]1CCCN1.C[C@@H]1CCCN1[C@@H]1CCN(C(=O)c2ccc(Cn3cnc4ccccc43)cc2)C1.Cl.O=C(O)c1ccc(Cn2cnc3ccccc32)cc1.O=C(c1ccc(Cn2cnc3ccccc32)cc1)N1CC[C@@H](O)C1. The number of halogens is 1. The maximum Gasteiger partial charge on any atom is 0.335 e. The van der Waals surface area contributed by atoms with E-state index in [0.29, 0.717) is 49.3 Å². The van der Waals surface area contributed by atoms with Crippen LogP contribution in [-0.2, 0) is 19.6 Å². The Morgan fingerprint density at radius 1 is 0.519 bits per heavy atom. The molecule has 4 aliphatic rings. The normalized spacial score (nSPS) is 18.8. The van der Waals surface area contributed by atoms with Crippen LogP contribution in [0.25, 0.3) is 33.1 Å². The van der Waals surface area contributed by atoms with Crippen LogP contribution in [0.3, 0.4) is 0 Å². The van der Waals surface area contributed by atoms with Crippen molar-refractivity contribution in [1.29, 1.82) is 0 Å². The fourth-order valence-corrected chi connectivity index (χ4v) is 11.1. The molecule has 4 fully saturated rings. The highest BCUT2D eigenvalue weighted by Gasteiger charge is 2.35. The van der Waals surface area contributed by atoms with Gasteiger partial charge in [0.1, 0.15) is 0 Å². The molecule has 0 spiro atoms. The van der Waals surface area contributed by atoms with Gasteiger partial charge in [0.25, 0.3) is 11.8 Å². The Morgan fingerprint density at radius 3 is 1.32 bits per heavy atom. The molecule has 3 N–H and O–H groups in total. The average Bonchev–Trinajstić information content (AvgIpc) is 4.41. The van der Waals surface area contributed by atoms with Crippen molar-refractivity contribution in [3.8, 4) is 0 Å². The Bertz CT molecular complexity index is 3440. The van der Waals surface area contributed by atoms with Gasteiger partial charge in [0, 0.05) is 75.1 Å². The van der Waals surface area contributed by atoms with Crippen molar-refractivity contribution in [3.63, 3.8) is 0 Å². The quantitative estimate of drug-likeness (QED) is 0.120. The molecule has 0 aliphatic carbocycles. The van der Waals surface area contributed by atoms with Gasteiger partial charge in [0.05, 0.1) is 63.7 Å². The number of carbonyl (C=O) groups is 3. The summed E-state index contributed by atoms with van der Waals surface area (Å²) >= 11 is 0. The lowest BCUT2D eigenvalue weighted by molar-refractivity contribution is 0.0695. The second kappa shape index (κ2) is 26.3. The number of nitrogens with zero attached hydrogens (tertiary/aromatic N) is 9. The molecule has 7 heterocycles. The van der Waals surface area contributed by atoms with Crippen molar-refractivity contribution in [3.05, 3.63) is 198 Å². The van der Waals surface area contributed by atoms with E-state index in [0.717, 1.165) is 88.4 Å². The summed E-state index contributed by atoms with van der Waals surface area (Å²) in [6.45, 7) is 11.9. The van der Waals surface area contributed by atoms with Crippen molar-refractivity contribution in [1.82, 2.24) is 48.7 Å². The molecule has 0 radical (unpaired) electrons. The van der Waals surface area contributed by atoms with Crippen molar-refractivity contribution < 1.29 is 24.6 Å². The second-order valence-corrected chi connectivity index (χ2v) is 21.1. The minimum absolute atomic E-state index is 0. The monoisotopic (exact) mass is 1080 g/mol. The minimum Gasteiger partial charge on any atom is -0.478 e. The third kappa shape index (κ3) is 14.0. The van der Waals surface area contributed by atoms with E-state index in [9.17, 15) is 19.5 Å². The third-order valence-corrected chi connectivity index (χ3v) is 15.5. The zero-order valence-corrected chi connectivity index (χ0v) is 45.9. The molecule has 16 heteroatoms. The summed E-state index contributed by atoms with van der Waals surface area (Å²) in [6, 6.07) is 48.8. The lowest BCUT2D eigenvalue weighted by atomic mass is 10.1. The number of likely N-dealkylation sites (tertiary alicyclic amines) is 3. The first kappa shape index (κ1) is 56.0. The van der Waals surface area contributed by atoms with Gasteiger partial charge >= 0.3 is 5.97 Å². The number of hydrogen-bond donors (Lipinski definition) is 3. The summed E-state index contributed by atoms with van der Waals surface area (Å²) in [5.74, 6) is -0.746. The number of rotatable bonds is 10. The maximum atomic E-state index is 13.0. The Balaban J connectivity index is 0.000000138. The standard InChI is InChI=1S/C24H28N4O.C19H19N3O2.C15H12N2O2.C5H11N.ClH/c1-18-5-4-13-28(18)21-12-14-26(16-21)24(29)20-10-8-19(9-11-20)15-27-17-25-22-6-2-3-7-23(22)27;23-16-9-10-21(12-16)19(24)15-7-5-14(6-8-15)11-22-13-20-17-3-1-2-4-18(17)22;18-15(19)12-7-5-11(6-8-12)9-17-10-16-13-3-1-2-4-14(13)17;1-5-3-2-4-6-5;/h2-3,6-11,17-18,21H,4-5,12-16H2,1H3;1-8,13,16,23H,9-12H2;1-8,10H,9H2,(H,18,19);5-6H,2-4H2,1H3;1H/t18-,21-;16-;;5-;/m11.1./s1. The topological polar surface area (TPSA) is 167 Å². The third-order valence-electron chi connectivity index (χ3n) is 15.5. The number of fused-ring (bicyclic) bond motifs is 3. The number of benzene rings is 6. The predicted molar refractivity (Wildman–Crippen MR) is 313 cm³/mol. The molecule has 79 heavy (non-hydrogen) atoms. The number of imidazole rings is 3. The number of hydrogen-bond acceptors (Lipinski definition) is 9. The number of carboxylic acid groups (broad SMARTS) is 1. The lowest BCUT2D eigenvalue weighted by Crippen LogP contribution is -2.40. The van der Waals surface area contributed by atoms with Gasteiger partial charge in [-0.25, -0.2) is 19.7 Å². The maximum absolute atomic E-state index is 13.0. The Hall–Kier alpha value is -7.69. The van der Waals surface area contributed by atoms with Crippen LogP contribution in [0.4, 0.5) is 0 Å². The highest BCUT2D eigenvalue weighted by molar-refractivity contribution is 5.95. The van der Waals surface area contributed by atoms with Crippen molar-refractivity contribution in [2.45, 2.75) is 96.2 Å². The smallest absolute Gasteiger partial charge is 0.335 e. The number of aliphatic hydroxyl groups is 1. The zero-order valence-electron chi connectivity index (χ0n) is 45.1. The molecule has 6 aromatic carbocycles. The van der Waals surface area contributed by atoms with Crippen molar-refractivity contribution in [2.24, 2.45) is 0 Å². The molecule has 0 saturated carbocycles. The summed E-state index contributed by atoms with van der Waals surface area (Å²) < 4.78 is 6.29. The molecule has 0 bridgehead atoms. The van der Waals surface area contributed by atoms with Gasteiger partial charge in [-0.2, -0.15) is 0 Å². The van der Waals surface area contributed by atoms with Gasteiger partial charge in [-0.1, -0.05) is 72.8 Å². The largest absolute Gasteiger partial charge is 0.478 e. The molecule has 410 valence electrons. The van der Waals surface area contributed by atoms with E-state index in [1.54, 1.807) is 23.4 Å². The van der Waals surface area contributed by atoms with Crippen LogP contribution < -0.4 is 5.32 Å². The van der Waals surface area contributed by atoms with Gasteiger partial charge in [-0.05, 0) is 155 Å². The van der Waals surface area contributed by atoms with Gasteiger partial charge < -0.3 is 39.0 Å². The molecule has 3 aromatic heterocycles. The number of aliphatic hydroxyl groups excluding tert-OH is 1. The van der Waals surface area contributed by atoms with Crippen molar-refractivity contribution in [2.75, 3.05) is 39.3 Å². The van der Waals surface area contributed by atoms with E-state index in [-0.39, 0.29) is 30.3 Å². The average molecular weight is 1080 g/mol. The zero-order chi connectivity index (χ0) is 54.0. The lowest BCUT2D eigenvalue weighted by Gasteiger charge is -2.28. The fourth-order valence-electron chi connectivity index (χ4n) is 11.1. The summed E-state index contributed by atoms with van der Waals surface area (Å²) in [5, 5.41) is 21.7. The van der Waals surface area contributed by atoms with Gasteiger partial charge in [-0.3, -0.25) is 14.5 Å². The van der Waals surface area contributed by atoms with Gasteiger partial charge in [-0.15, -0.1) is 12.4 Å². The molecule has 2 amide bonds. The van der Waals surface area contributed by atoms with Crippen LogP contribution in [0.2, 0.25) is 0 Å². The summed E-state index contributed by atoms with van der Waals surface area (Å²) in [6.07, 6.45) is 12.2. The summed E-state index contributed by atoms with van der Waals surface area (Å²) in [5.41, 5.74) is 11.4. The van der Waals surface area contributed by atoms with Crippen LogP contribution >= 0.6 is 12.4 Å². The van der Waals surface area contributed by atoms with Crippen LogP contribution in [0.5, 0.6) is 0 Å². The summed E-state index contributed by atoms with van der Waals surface area (Å²) in [7, 11) is 0. The molecule has 13 rings (SSSR count). The van der Waals surface area contributed by atoms with E-state index < -0.39 is 5.97 Å². The second-order valence-electron chi connectivity index (χ2n) is 21.1. The molecule has 4 aliphatic heterocycles. The molecule has 4 saturated heterocycles. The molecular weight excluding hydrogens is 1010 g/mol. The first-order chi connectivity index (χ1) is 38.0. The van der Waals surface area contributed by atoms with Gasteiger partial charge in [0.15, 0.2) is 0 Å². The number of aromatic nitrogens is 6. The molecular formula is C63H71ClN10O5. The van der Waals surface area contributed by atoms with Crippen LogP contribution in [0, 0.1) is 0 Å². The molecule has 15 nitrogen and oxygen atoms in total. The number of nitrogens with one attached hydrogen (secondary N) is 1. The van der Waals surface area contributed by atoms with E-state index in [2.05, 4.69) is 72.4 Å². The van der Waals surface area contributed by atoms with Gasteiger partial charge in [0.2, 0.25) is 0 Å². The Kier molecular flexibility index (Phi) is 18.7. The number of amides is 2. The fraction of sp³-hybridized carbons (Fsp3) is 0.333. The highest BCUT2D eigenvalue weighted by Crippen LogP contribution is 2.27. The van der Waals surface area contributed by atoms with E-state index in [1.807, 2.05) is 131 Å². The molecule has 0 unspecified atom stereocenters. The van der Waals surface area contributed by atoms with Crippen LogP contribution in [0.1, 0.15) is 100 Å². The Labute approximate surface area is 467 Å². The van der Waals surface area contributed by atoms with Crippen LogP contribution in [0.15, 0.2) is 165 Å². The first-order valence-electron chi connectivity index (χ1n) is 27.5. The number of β-amino-alcohol motifs (C(OH)–C–C–N with tert-alkyl or cyclic N) is 1. The van der Waals surface area contributed by atoms with Crippen LogP contribution in [-0.4, -0.2) is 135 Å². The van der Waals surface area contributed by atoms with E-state index in [1.165, 1.54) is 44.3 Å². The van der Waals surface area contributed by atoms with E-state index in [4.69, 9.17) is 5.11 Å². The Morgan fingerprint density at radius 2 is 0.949 bits per heavy atom. The predicted octanol–water partition coefficient (Wildman–Crippen LogP) is 10.0. The number of aromatic carboxylic acids is 1. The highest BCUT2D eigenvalue weighted by atomic mass is 35.5. The number of carboxylic acids is 1. The number of para-hydroxylation sites is 6. The molecule has 4 atom stereocenters. The minimum atomic E-state index is -0.903. The van der Waals surface area contributed by atoms with E-state index >= 15 is 0 Å². The van der Waals surface area contributed by atoms with Crippen molar-refractivity contribution >= 4 is 63.3 Å². The first-order valence-corrected chi connectivity index (χ1v) is 27.5.